The third-order valence-electron chi connectivity index (χ3n) is 5.21. The zero-order valence-electron chi connectivity index (χ0n) is 18.9. The predicted octanol–water partition coefficient (Wildman–Crippen LogP) is 1.65. The summed E-state index contributed by atoms with van der Waals surface area (Å²) in [6.45, 7) is 5.55. The highest BCUT2D eigenvalue weighted by molar-refractivity contribution is 5.65. The molecule has 2 nitrogen and oxygen atoms in total. The van der Waals surface area contributed by atoms with Crippen LogP contribution in [0.25, 0.3) is 11.1 Å². The molecular formula is C30H26BrN2+. The largest absolute Gasteiger partial charge is 1.00 e. The lowest BCUT2D eigenvalue weighted by Gasteiger charge is -2.02. The minimum atomic E-state index is 0. The van der Waals surface area contributed by atoms with Gasteiger partial charge in [-0.2, -0.15) is 9.13 Å². The average molecular weight is 494 g/mol. The molecule has 0 saturated carbocycles. The second kappa shape index (κ2) is 11.8. The van der Waals surface area contributed by atoms with Crippen molar-refractivity contribution in [2.24, 2.45) is 0 Å². The fraction of sp³-hybridized carbons (Fsp3) is 0.133. The van der Waals surface area contributed by atoms with E-state index in [1.165, 1.54) is 22.3 Å². The quantitative estimate of drug-likeness (QED) is 0.303. The lowest BCUT2D eigenvalue weighted by atomic mass is 10.0. The van der Waals surface area contributed by atoms with Crippen molar-refractivity contribution in [1.29, 1.82) is 0 Å². The van der Waals surface area contributed by atoms with Gasteiger partial charge in [-0.15, -0.1) is 0 Å². The van der Waals surface area contributed by atoms with E-state index in [0.717, 1.165) is 11.1 Å². The van der Waals surface area contributed by atoms with Crippen LogP contribution in [0.2, 0.25) is 0 Å². The van der Waals surface area contributed by atoms with Gasteiger partial charge >= 0.3 is 0 Å². The summed E-state index contributed by atoms with van der Waals surface area (Å²) >= 11 is 0. The Morgan fingerprint density at radius 2 is 0.848 bits per heavy atom. The molecular weight excluding hydrogens is 468 g/mol. The second-order valence-electron chi connectivity index (χ2n) is 7.85. The fourth-order valence-corrected chi connectivity index (χ4v) is 3.23. The highest BCUT2D eigenvalue weighted by Gasteiger charge is 1.99. The molecule has 3 heteroatoms. The molecule has 33 heavy (non-hydrogen) atoms. The Morgan fingerprint density at radius 1 is 0.515 bits per heavy atom. The molecule has 0 unspecified atom stereocenters. The minimum Gasteiger partial charge on any atom is -1.00 e. The SMILES string of the molecule is Cc1cc[n+](CC#Cc2ccc(-c3ccc(C#CC[n+]4ccc(C)cc4)cc3)cc2)cc1.[Br-]. The molecule has 2 aromatic carbocycles. The van der Waals surface area contributed by atoms with Crippen molar-refractivity contribution in [3.63, 3.8) is 0 Å². The van der Waals surface area contributed by atoms with Crippen LogP contribution >= 0.6 is 0 Å². The number of hydrogen-bond acceptors (Lipinski definition) is 0. The van der Waals surface area contributed by atoms with Gasteiger partial charge in [-0.05, 0) is 72.2 Å². The Kier molecular flexibility index (Phi) is 8.59. The highest BCUT2D eigenvalue weighted by Crippen LogP contribution is 2.20. The van der Waals surface area contributed by atoms with Crippen LogP contribution in [-0.4, -0.2) is 0 Å². The first kappa shape index (κ1) is 24.0. The van der Waals surface area contributed by atoms with Gasteiger partial charge in [-0.25, -0.2) is 0 Å². The summed E-state index contributed by atoms with van der Waals surface area (Å²) in [6.07, 6.45) is 8.23. The maximum atomic E-state index is 3.24. The van der Waals surface area contributed by atoms with Gasteiger partial charge in [0.05, 0.1) is 0 Å². The van der Waals surface area contributed by atoms with Crippen LogP contribution in [0.4, 0.5) is 0 Å². The monoisotopic (exact) mass is 493 g/mol. The Hall–Kier alpha value is -3.66. The fourth-order valence-electron chi connectivity index (χ4n) is 3.23. The lowest BCUT2D eigenvalue weighted by Crippen LogP contribution is -3.00. The molecule has 0 fully saturated rings. The molecule has 0 bridgehead atoms. The van der Waals surface area contributed by atoms with Crippen LogP contribution in [0.15, 0.2) is 97.6 Å². The summed E-state index contributed by atoms with van der Waals surface area (Å²) in [7, 11) is 0. The van der Waals surface area contributed by atoms with E-state index in [1.807, 2.05) is 0 Å². The van der Waals surface area contributed by atoms with E-state index in [4.69, 9.17) is 0 Å². The van der Waals surface area contributed by atoms with Crippen LogP contribution < -0.4 is 26.1 Å². The molecule has 0 spiro atoms. The summed E-state index contributed by atoms with van der Waals surface area (Å²) in [5.74, 6) is 13.0. The summed E-state index contributed by atoms with van der Waals surface area (Å²) in [4.78, 5) is 0. The Labute approximate surface area is 207 Å². The number of aryl methyl sites for hydroxylation is 2. The molecule has 2 heterocycles. The maximum Gasteiger partial charge on any atom is 0.209 e. The number of rotatable bonds is 3. The van der Waals surface area contributed by atoms with Crippen molar-refractivity contribution in [2.45, 2.75) is 26.9 Å². The van der Waals surface area contributed by atoms with Crippen molar-refractivity contribution in [2.75, 3.05) is 0 Å². The first-order chi connectivity index (χ1) is 15.7. The van der Waals surface area contributed by atoms with E-state index >= 15 is 0 Å². The molecule has 0 aliphatic rings. The van der Waals surface area contributed by atoms with Gasteiger partial charge in [0.1, 0.15) is 0 Å². The van der Waals surface area contributed by atoms with Crippen molar-refractivity contribution in [3.05, 3.63) is 120 Å². The van der Waals surface area contributed by atoms with E-state index in [0.29, 0.717) is 13.1 Å². The summed E-state index contributed by atoms with van der Waals surface area (Å²) in [5.41, 5.74) is 6.92. The first-order valence-corrected chi connectivity index (χ1v) is 10.8. The smallest absolute Gasteiger partial charge is 0.209 e. The average Bonchev–Trinajstić information content (AvgIpc) is 2.83. The van der Waals surface area contributed by atoms with Crippen LogP contribution in [0.1, 0.15) is 22.3 Å². The topological polar surface area (TPSA) is 7.76 Å². The third-order valence-corrected chi connectivity index (χ3v) is 5.21. The van der Waals surface area contributed by atoms with Gasteiger partial charge in [-0.1, -0.05) is 36.1 Å². The van der Waals surface area contributed by atoms with Crippen LogP contribution in [0, 0.1) is 37.5 Å². The molecule has 4 aromatic rings. The van der Waals surface area contributed by atoms with Crippen LogP contribution in [0.3, 0.4) is 0 Å². The molecule has 0 amide bonds. The Bertz CT molecular complexity index is 1190. The van der Waals surface area contributed by atoms with Crippen molar-refractivity contribution < 1.29 is 26.1 Å². The Balaban J connectivity index is 0.00000306. The summed E-state index contributed by atoms with van der Waals surface area (Å²) < 4.78 is 4.16. The molecule has 0 atom stereocenters. The molecule has 0 aliphatic carbocycles. The molecule has 0 N–H and O–H groups in total. The number of pyridine rings is 2. The van der Waals surface area contributed by atoms with Gasteiger partial charge in [0, 0.05) is 35.4 Å². The number of benzene rings is 2. The van der Waals surface area contributed by atoms with Gasteiger partial charge in [0.15, 0.2) is 24.8 Å². The number of hydrogen-bond donors (Lipinski definition) is 0. The van der Waals surface area contributed by atoms with Crippen LogP contribution in [-0.2, 0) is 13.1 Å². The van der Waals surface area contributed by atoms with E-state index in [9.17, 15) is 0 Å². The van der Waals surface area contributed by atoms with E-state index in [-0.39, 0.29) is 17.0 Å². The minimum absolute atomic E-state index is 0. The van der Waals surface area contributed by atoms with Gasteiger partial charge in [0.25, 0.3) is 0 Å². The predicted molar refractivity (Wildman–Crippen MR) is 128 cm³/mol. The van der Waals surface area contributed by atoms with E-state index < -0.39 is 0 Å². The molecule has 4 rings (SSSR count). The zero-order chi connectivity index (χ0) is 22.2. The first-order valence-electron chi connectivity index (χ1n) is 10.8. The highest BCUT2D eigenvalue weighted by atomic mass is 79.9. The molecule has 2 aromatic heterocycles. The number of nitrogens with zero attached hydrogens (tertiary/aromatic N) is 2. The van der Waals surface area contributed by atoms with Crippen LogP contribution in [0.5, 0.6) is 0 Å². The molecule has 0 radical (unpaired) electrons. The van der Waals surface area contributed by atoms with Crippen molar-refractivity contribution in [1.82, 2.24) is 0 Å². The third kappa shape index (κ3) is 7.18. The van der Waals surface area contributed by atoms with E-state index in [2.05, 4.69) is 144 Å². The Morgan fingerprint density at radius 3 is 1.18 bits per heavy atom. The normalized spacial score (nSPS) is 9.64. The lowest BCUT2D eigenvalue weighted by molar-refractivity contribution is -0.685. The number of halogens is 1. The second-order valence-corrected chi connectivity index (χ2v) is 7.85. The van der Waals surface area contributed by atoms with E-state index in [1.54, 1.807) is 0 Å². The molecule has 0 aliphatic heterocycles. The standard InChI is InChI=1S/C30H26N2.BrH/c1-25-15-21-31(22-16-25)19-3-5-27-7-11-29(12-8-27)30-13-9-28(10-14-30)6-4-20-32-23-17-26(2)18-24-32;/h7-18,21-24H,19-20H2,1-2H3;1H/q+2;/p-1. The van der Waals surface area contributed by atoms with Gasteiger partial charge in [0.2, 0.25) is 13.1 Å². The van der Waals surface area contributed by atoms with Gasteiger partial charge in [-0.3, -0.25) is 0 Å². The molecule has 0 saturated heterocycles. The summed E-state index contributed by atoms with van der Waals surface area (Å²) in [6, 6.07) is 25.2. The molecule has 162 valence electrons. The summed E-state index contributed by atoms with van der Waals surface area (Å²) in [5, 5.41) is 0. The zero-order valence-corrected chi connectivity index (χ0v) is 20.5. The van der Waals surface area contributed by atoms with Crippen molar-refractivity contribution >= 4 is 0 Å². The number of aromatic nitrogens is 2. The van der Waals surface area contributed by atoms with Crippen molar-refractivity contribution in [3.8, 4) is 34.8 Å². The maximum absolute atomic E-state index is 3.24. The van der Waals surface area contributed by atoms with Gasteiger partial charge < -0.3 is 17.0 Å².